The van der Waals surface area contributed by atoms with E-state index >= 15 is 0 Å². The molecule has 2 rings (SSSR count). The zero-order chi connectivity index (χ0) is 11.0. The molecule has 1 aromatic rings. The molecule has 1 aromatic carbocycles. The van der Waals surface area contributed by atoms with Crippen LogP contribution < -0.4 is 11.1 Å². The average Bonchev–Trinajstić information content (AvgIpc) is 2.30. The molecule has 3 nitrogen and oxygen atoms in total. The normalized spacial score (nSPS) is 20.5. The van der Waals surface area contributed by atoms with E-state index in [1.54, 1.807) is 0 Å². The minimum absolute atomic E-state index is 0.0503. The second kappa shape index (κ2) is 3.58. The van der Waals surface area contributed by atoms with Gasteiger partial charge in [-0.2, -0.15) is 0 Å². The fourth-order valence-corrected chi connectivity index (χ4v) is 1.62. The van der Waals surface area contributed by atoms with Crippen molar-refractivity contribution in [1.82, 2.24) is 0 Å². The first-order valence-electron chi connectivity index (χ1n) is 4.62. The van der Waals surface area contributed by atoms with Crippen LogP contribution >= 0.6 is 0 Å². The molecule has 0 aliphatic carbocycles. The number of rotatable bonds is 0. The van der Waals surface area contributed by atoms with Crippen LogP contribution in [0.15, 0.2) is 12.1 Å². The lowest BCUT2D eigenvalue weighted by Gasteiger charge is -2.08. The van der Waals surface area contributed by atoms with Gasteiger partial charge in [0, 0.05) is 6.07 Å². The molecule has 3 N–H and O–H groups in total. The summed E-state index contributed by atoms with van der Waals surface area (Å²) < 4.78 is 26.2. The topological polar surface area (TPSA) is 55.1 Å². The predicted molar refractivity (Wildman–Crippen MR) is 51.3 cm³/mol. The zero-order valence-corrected chi connectivity index (χ0v) is 7.89. The van der Waals surface area contributed by atoms with Crippen molar-refractivity contribution in [3.8, 4) is 0 Å². The SMILES string of the molecule is NC1CCc2cc(F)cc(F)c2NC1=O. The Bertz CT molecular complexity index is 420. The van der Waals surface area contributed by atoms with Gasteiger partial charge >= 0.3 is 0 Å². The number of carbonyl (C=O) groups excluding carboxylic acids is 1. The maximum absolute atomic E-state index is 13.3. The van der Waals surface area contributed by atoms with Gasteiger partial charge in [-0.1, -0.05) is 0 Å². The molecule has 0 saturated heterocycles. The second-order valence-electron chi connectivity index (χ2n) is 3.56. The Morgan fingerprint density at radius 3 is 2.87 bits per heavy atom. The number of hydrogen-bond acceptors (Lipinski definition) is 2. The number of benzene rings is 1. The Balaban J connectivity index is 2.47. The van der Waals surface area contributed by atoms with Crippen molar-refractivity contribution in [2.24, 2.45) is 5.73 Å². The van der Waals surface area contributed by atoms with Crippen molar-refractivity contribution in [2.75, 3.05) is 5.32 Å². The van der Waals surface area contributed by atoms with Gasteiger partial charge in [0.25, 0.3) is 0 Å². The van der Waals surface area contributed by atoms with Gasteiger partial charge in [0.1, 0.15) is 11.6 Å². The van der Waals surface area contributed by atoms with Crippen LogP contribution in [-0.2, 0) is 11.2 Å². The molecule has 5 heteroatoms. The predicted octanol–water partition coefficient (Wildman–Crippen LogP) is 1.18. The molecular weight excluding hydrogens is 202 g/mol. The molecule has 0 aromatic heterocycles. The minimum atomic E-state index is -0.757. The van der Waals surface area contributed by atoms with E-state index in [2.05, 4.69) is 5.32 Å². The zero-order valence-electron chi connectivity index (χ0n) is 7.89. The first kappa shape index (κ1) is 10.0. The summed E-state index contributed by atoms with van der Waals surface area (Å²) in [4.78, 5) is 11.3. The van der Waals surface area contributed by atoms with E-state index < -0.39 is 23.6 Å². The highest BCUT2D eigenvalue weighted by molar-refractivity contribution is 5.96. The van der Waals surface area contributed by atoms with Crippen molar-refractivity contribution in [2.45, 2.75) is 18.9 Å². The molecule has 1 unspecified atom stereocenters. The highest BCUT2D eigenvalue weighted by Gasteiger charge is 2.22. The number of carbonyl (C=O) groups is 1. The molecule has 80 valence electrons. The monoisotopic (exact) mass is 212 g/mol. The van der Waals surface area contributed by atoms with Gasteiger partial charge in [0.05, 0.1) is 11.7 Å². The maximum Gasteiger partial charge on any atom is 0.241 e. The fourth-order valence-electron chi connectivity index (χ4n) is 1.62. The first-order valence-corrected chi connectivity index (χ1v) is 4.62. The standard InChI is InChI=1S/C10H10F2N2O/c11-6-3-5-1-2-8(13)10(15)14-9(5)7(12)4-6/h3-4,8H,1-2,13H2,(H,14,15). The van der Waals surface area contributed by atoms with Crippen LogP contribution in [0.3, 0.4) is 0 Å². The van der Waals surface area contributed by atoms with Crippen molar-refractivity contribution in [1.29, 1.82) is 0 Å². The molecular formula is C10H10F2N2O. The Labute approximate surface area is 85.3 Å². The molecule has 0 radical (unpaired) electrons. The van der Waals surface area contributed by atoms with Gasteiger partial charge in [-0.15, -0.1) is 0 Å². The first-order chi connectivity index (χ1) is 7.08. The summed E-state index contributed by atoms with van der Waals surface area (Å²) in [6, 6.07) is 1.30. The third kappa shape index (κ3) is 1.83. The van der Waals surface area contributed by atoms with Gasteiger partial charge < -0.3 is 11.1 Å². The molecule has 1 atom stereocenters. The summed E-state index contributed by atoms with van der Waals surface area (Å²) in [6.07, 6.45) is 0.783. The lowest BCUT2D eigenvalue weighted by molar-refractivity contribution is -0.117. The van der Waals surface area contributed by atoms with Crippen LogP contribution in [-0.4, -0.2) is 11.9 Å². The number of anilines is 1. The molecule has 0 fully saturated rings. The Morgan fingerprint density at radius 1 is 1.40 bits per heavy atom. The number of nitrogens with two attached hydrogens (primary N) is 1. The smallest absolute Gasteiger partial charge is 0.241 e. The Hall–Kier alpha value is -1.49. The van der Waals surface area contributed by atoms with Crippen molar-refractivity contribution >= 4 is 11.6 Å². The average molecular weight is 212 g/mol. The number of fused-ring (bicyclic) bond motifs is 1. The molecule has 1 aliphatic rings. The van der Waals surface area contributed by atoms with Gasteiger partial charge in [0.2, 0.25) is 5.91 Å². The summed E-state index contributed by atoms with van der Waals surface area (Å²) in [5.74, 6) is -1.83. The molecule has 0 spiro atoms. The Morgan fingerprint density at radius 2 is 2.13 bits per heavy atom. The minimum Gasteiger partial charge on any atom is -0.322 e. The van der Waals surface area contributed by atoms with Crippen LogP contribution in [0.5, 0.6) is 0 Å². The summed E-state index contributed by atoms with van der Waals surface area (Å²) in [5, 5.41) is 2.36. The summed E-state index contributed by atoms with van der Waals surface area (Å²) >= 11 is 0. The molecule has 1 amide bonds. The van der Waals surface area contributed by atoms with Crippen LogP contribution in [0.4, 0.5) is 14.5 Å². The van der Waals surface area contributed by atoms with Crippen molar-refractivity contribution in [3.63, 3.8) is 0 Å². The van der Waals surface area contributed by atoms with Crippen LogP contribution in [0.25, 0.3) is 0 Å². The molecule has 1 aliphatic heterocycles. The number of hydrogen-bond donors (Lipinski definition) is 2. The quantitative estimate of drug-likeness (QED) is 0.678. The lowest BCUT2D eigenvalue weighted by atomic mass is 10.1. The van der Waals surface area contributed by atoms with Crippen molar-refractivity contribution in [3.05, 3.63) is 29.3 Å². The fraction of sp³-hybridized carbons (Fsp3) is 0.300. The van der Waals surface area contributed by atoms with Crippen LogP contribution in [0, 0.1) is 11.6 Å². The molecule has 1 heterocycles. The number of nitrogens with one attached hydrogen (secondary N) is 1. The van der Waals surface area contributed by atoms with Gasteiger partial charge in [-0.3, -0.25) is 4.79 Å². The number of halogens is 2. The van der Waals surface area contributed by atoms with Crippen LogP contribution in [0.1, 0.15) is 12.0 Å². The second-order valence-corrected chi connectivity index (χ2v) is 3.56. The maximum atomic E-state index is 13.3. The molecule has 0 saturated carbocycles. The molecule has 0 bridgehead atoms. The van der Waals surface area contributed by atoms with E-state index in [0.29, 0.717) is 18.4 Å². The van der Waals surface area contributed by atoms with E-state index in [1.165, 1.54) is 6.07 Å². The number of aryl methyl sites for hydroxylation is 1. The summed E-state index contributed by atoms with van der Waals surface area (Å²) in [6.45, 7) is 0. The summed E-state index contributed by atoms with van der Waals surface area (Å²) in [5.41, 5.74) is 6.02. The summed E-state index contributed by atoms with van der Waals surface area (Å²) in [7, 11) is 0. The van der Waals surface area contributed by atoms with Gasteiger partial charge in [-0.25, -0.2) is 8.78 Å². The van der Waals surface area contributed by atoms with E-state index in [-0.39, 0.29) is 5.69 Å². The lowest BCUT2D eigenvalue weighted by Crippen LogP contribution is -2.34. The largest absolute Gasteiger partial charge is 0.322 e. The number of amides is 1. The highest BCUT2D eigenvalue weighted by Crippen LogP contribution is 2.25. The third-order valence-corrected chi connectivity index (χ3v) is 2.45. The van der Waals surface area contributed by atoms with E-state index in [0.717, 1.165) is 6.07 Å². The third-order valence-electron chi connectivity index (χ3n) is 2.45. The highest BCUT2D eigenvalue weighted by atomic mass is 19.1. The van der Waals surface area contributed by atoms with E-state index in [4.69, 9.17) is 5.73 Å². The van der Waals surface area contributed by atoms with Gasteiger partial charge in [0.15, 0.2) is 0 Å². The van der Waals surface area contributed by atoms with E-state index in [1.807, 2.05) is 0 Å². The van der Waals surface area contributed by atoms with E-state index in [9.17, 15) is 13.6 Å². The Kier molecular flexibility index (Phi) is 2.40. The van der Waals surface area contributed by atoms with Crippen molar-refractivity contribution < 1.29 is 13.6 Å². The van der Waals surface area contributed by atoms with Gasteiger partial charge in [-0.05, 0) is 24.5 Å². The molecule has 15 heavy (non-hydrogen) atoms. The van der Waals surface area contributed by atoms with Crippen LogP contribution in [0.2, 0.25) is 0 Å².